The molecule has 12 heavy (non-hydrogen) atoms. The summed E-state index contributed by atoms with van der Waals surface area (Å²) in [5.41, 5.74) is 5.51. The maximum absolute atomic E-state index is 4.06. The highest BCUT2D eigenvalue weighted by Gasteiger charge is 2.05. The van der Waals surface area contributed by atoms with E-state index in [1.807, 2.05) is 11.1 Å². The Morgan fingerprint density at radius 3 is 3.08 bits per heavy atom. The van der Waals surface area contributed by atoms with Crippen molar-refractivity contribution in [3.05, 3.63) is 29.8 Å². The molecule has 62 valence electrons. The normalized spacial score (nSPS) is 15.6. The molecule has 0 unspecified atom stereocenters. The zero-order chi connectivity index (χ0) is 8.39. The smallest absolute Gasteiger partial charge is 0.108 e. The third-order valence-corrected chi connectivity index (χ3v) is 1.81. The fourth-order valence-electron chi connectivity index (χ4n) is 1.22. The van der Waals surface area contributed by atoms with Crippen LogP contribution in [0.1, 0.15) is 5.56 Å². The lowest BCUT2D eigenvalue weighted by molar-refractivity contribution is 0.797. The van der Waals surface area contributed by atoms with E-state index in [9.17, 15) is 0 Å². The molecule has 1 aromatic carbocycles. The Bertz CT molecular complexity index is 306. The number of nitrogens with one attached hydrogen (secondary N) is 1. The zero-order valence-corrected chi connectivity index (χ0v) is 6.99. The Hall–Kier alpha value is -1.35. The van der Waals surface area contributed by atoms with E-state index >= 15 is 0 Å². The molecule has 0 saturated heterocycles. The largest absolute Gasteiger partial charge is 0.265 e. The van der Waals surface area contributed by atoms with Crippen LogP contribution in [0, 0.1) is 6.92 Å². The summed E-state index contributed by atoms with van der Waals surface area (Å²) in [7, 11) is 0. The molecular formula is C9H11N3. The minimum atomic E-state index is 0.675. The second kappa shape index (κ2) is 2.95. The van der Waals surface area contributed by atoms with Crippen molar-refractivity contribution in [3.63, 3.8) is 0 Å². The van der Waals surface area contributed by atoms with Crippen molar-refractivity contribution in [2.24, 2.45) is 4.99 Å². The molecule has 0 spiro atoms. The number of aryl methyl sites for hydroxylation is 1. The topological polar surface area (TPSA) is 27.6 Å². The molecule has 0 radical (unpaired) electrons. The maximum Gasteiger partial charge on any atom is 0.108 e. The molecule has 1 N–H and O–H groups in total. The fraction of sp³-hybridized carbons (Fsp3) is 0.222. The van der Waals surface area contributed by atoms with Gasteiger partial charge in [0.15, 0.2) is 0 Å². The summed E-state index contributed by atoms with van der Waals surface area (Å²) >= 11 is 0. The van der Waals surface area contributed by atoms with Crippen LogP contribution in [0.25, 0.3) is 0 Å². The van der Waals surface area contributed by atoms with E-state index < -0.39 is 0 Å². The van der Waals surface area contributed by atoms with Crippen LogP contribution in [0.5, 0.6) is 0 Å². The summed E-state index contributed by atoms with van der Waals surface area (Å²) in [5.74, 6) is 0. The third kappa shape index (κ3) is 1.31. The first-order valence-corrected chi connectivity index (χ1v) is 3.95. The lowest BCUT2D eigenvalue weighted by Crippen LogP contribution is -2.31. The van der Waals surface area contributed by atoms with Crippen LogP contribution in [0.15, 0.2) is 29.3 Å². The molecule has 1 aromatic rings. The highest BCUT2D eigenvalue weighted by atomic mass is 15.6. The van der Waals surface area contributed by atoms with Gasteiger partial charge >= 0.3 is 0 Å². The molecule has 0 saturated carbocycles. The van der Waals surface area contributed by atoms with Gasteiger partial charge in [-0.05, 0) is 24.6 Å². The van der Waals surface area contributed by atoms with Gasteiger partial charge < -0.3 is 0 Å². The summed E-state index contributed by atoms with van der Waals surface area (Å²) < 4.78 is 0. The van der Waals surface area contributed by atoms with Crippen molar-refractivity contribution in [2.75, 3.05) is 11.7 Å². The molecule has 0 bridgehead atoms. The number of hydrogen-bond acceptors (Lipinski definition) is 3. The van der Waals surface area contributed by atoms with Gasteiger partial charge in [-0.25, -0.2) is 5.43 Å². The molecule has 3 heteroatoms. The molecule has 1 aliphatic rings. The molecule has 0 fully saturated rings. The van der Waals surface area contributed by atoms with Crippen molar-refractivity contribution >= 4 is 12.0 Å². The highest BCUT2D eigenvalue weighted by Crippen LogP contribution is 2.13. The average Bonchev–Trinajstić information content (AvgIpc) is 2.56. The number of nitrogens with zero attached hydrogens (tertiary/aromatic N) is 2. The maximum atomic E-state index is 4.06. The Morgan fingerprint density at radius 2 is 2.42 bits per heavy atom. The minimum Gasteiger partial charge on any atom is -0.265 e. The van der Waals surface area contributed by atoms with Gasteiger partial charge in [0, 0.05) is 0 Å². The predicted octanol–water partition coefficient (Wildman–Crippen LogP) is 1.31. The van der Waals surface area contributed by atoms with Crippen LogP contribution in [0.3, 0.4) is 0 Å². The van der Waals surface area contributed by atoms with E-state index in [-0.39, 0.29) is 0 Å². The van der Waals surface area contributed by atoms with E-state index in [1.54, 1.807) is 6.34 Å². The summed E-state index contributed by atoms with van der Waals surface area (Å²) in [6.45, 7) is 2.75. The van der Waals surface area contributed by atoms with Crippen molar-refractivity contribution in [3.8, 4) is 0 Å². The molecule has 1 heterocycles. The van der Waals surface area contributed by atoms with Crippen molar-refractivity contribution in [1.29, 1.82) is 0 Å². The molecule has 3 nitrogen and oxygen atoms in total. The summed E-state index contributed by atoms with van der Waals surface area (Å²) in [6.07, 6.45) is 1.80. The second-order valence-corrected chi connectivity index (χ2v) is 2.82. The van der Waals surface area contributed by atoms with Gasteiger partial charge in [-0.15, -0.1) is 0 Å². The lowest BCUT2D eigenvalue weighted by Gasteiger charge is -2.14. The van der Waals surface area contributed by atoms with Crippen molar-refractivity contribution in [1.82, 2.24) is 5.43 Å². The number of hydrazine groups is 1. The SMILES string of the molecule is Cc1cccc(N2C=NCN2)c1. The Labute approximate surface area is 71.7 Å². The summed E-state index contributed by atoms with van der Waals surface area (Å²) in [6, 6.07) is 8.29. The molecular weight excluding hydrogens is 150 g/mol. The van der Waals surface area contributed by atoms with Crippen LogP contribution in [-0.2, 0) is 0 Å². The van der Waals surface area contributed by atoms with Gasteiger partial charge in [0.2, 0.25) is 0 Å². The Kier molecular flexibility index (Phi) is 1.80. The monoisotopic (exact) mass is 161 g/mol. The standard InChI is InChI=1S/C9H11N3/c1-8-3-2-4-9(5-8)12-7-10-6-11-12/h2-5,7,11H,6H2,1H3. The van der Waals surface area contributed by atoms with Crippen LogP contribution in [0.2, 0.25) is 0 Å². The average molecular weight is 161 g/mol. The van der Waals surface area contributed by atoms with E-state index in [4.69, 9.17) is 0 Å². The van der Waals surface area contributed by atoms with E-state index in [2.05, 4.69) is 35.5 Å². The first kappa shape index (κ1) is 7.31. The van der Waals surface area contributed by atoms with Gasteiger partial charge in [0.05, 0.1) is 5.69 Å². The summed E-state index contributed by atoms with van der Waals surface area (Å²) in [5, 5.41) is 1.92. The quantitative estimate of drug-likeness (QED) is 0.672. The molecule has 1 aliphatic heterocycles. The van der Waals surface area contributed by atoms with Gasteiger partial charge in [0.25, 0.3) is 0 Å². The van der Waals surface area contributed by atoms with Crippen LogP contribution < -0.4 is 10.4 Å². The van der Waals surface area contributed by atoms with E-state index in [1.165, 1.54) is 5.56 Å². The van der Waals surface area contributed by atoms with Gasteiger partial charge in [-0.2, -0.15) is 0 Å². The number of rotatable bonds is 1. The van der Waals surface area contributed by atoms with Crippen molar-refractivity contribution in [2.45, 2.75) is 6.92 Å². The molecule has 0 atom stereocenters. The van der Waals surface area contributed by atoms with Gasteiger partial charge in [-0.3, -0.25) is 10.0 Å². The first-order chi connectivity index (χ1) is 5.86. The predicted molar refractivity (Wildman–Crippen MR) is 50.2 cm³/mol. The van der Waals surface area contributed by atoms with Gasteiger partial charge in [0.1, 0.15) is 13.0 Å². The highest BCUT2D eigenvalue weighted by molar-refractivity contribution is 5.79. The Morgan fingerprint density at radius 1 is 1.50 bits per heavy atom. The zero-order valence-electron chi connectivity index (χ0n) is 6.99. The molecule has 0 aliphatic carbocycles. The number of hydrogen-bond donors (Lipinski definition) is 1. The van der Waals surface area contributed by atoms with Crippen LogP contribution in [-0.4, -0.2) is 13.0 Å². The Balaban J connectivity index is 2.27. The first-order valence-electron chi connectivity index (χ1n) is 3.95. The lowest BCUT2D eigenvalue weighted by atomic mass is 10.2. The minimum absolute atomic E-state index is 0.675. The number of anilines is 1. The number of aliphatic imine (C=N–C) groups is 1. The second-order valence-electron chi connectivity index (χ2n) is 2.82. The third-order valence-electron chi connectivity index (χ3n) is 1.81. The van der Waals surface area contributed by atoms with Crippen molar-refractivity contribution < 1.29 is 0 Å². The van der Waals surface area contributed by atoms with Crippen LogP contribution >= 0.6 is 0 Å². The van der Waals surface area contributed by atoms with E-state index in [0.717, 1.165) is 5.69 Å². The molecule has 0 amide bonds. The summed E-state index contributed by atoms with van der Waals surface area (Å²) in [4.78, 5) is 4.06. The number of benzene rings is 1. The van der Waals surface area contributed by atoms with E-state index in [0.29, 0.717) is 6.67 Å². The molecule has 2 rings (SSSR count). The van der Waals surface area contributed by atoms with Gasteiger partial charge in [-0.1, -0.05) is 12.1 Å². The fourth-order valence-corrected chi connectivity index (χ4v) is 1.22. The molecule has 0 aromatic heterocycles. The van der Waals surface area contributed by atoms with Crippen LogP contribution in [0.4, 0.5) is 5.69 Å².